The Kier molecular flexibility index (Phi) is 4.43. The highest BCUT2D eigenvalue weighted by Gasteiger charge is 2.34. The average molecular weight is 373 g/mol. The van der Waals surface area contributed by atoms with Crippen LogP contribution in [0.1, 0.15) is 10.4 Å². The highest BCUT2D eigenvalue weighted by atomic mass is 32.1. The normalized spacial score (nSPS) is 16.3. The van der Waals surface area contributed by atoms with Gasteiger partial charge in [-0.15, -0.1) is 0 Å². The molecule has 1 aromatic carbocycles. The van der Waals surface area contributed by atoms with Crippen LogP contribution < -0.4 is 10.2 Å². The van der Waals surface area contributed by atoms with Crippen LogP contribution in [-0.4, -0.2) is 21.9 Å². The third-order valence-corrected chi connectivity index (χ3v) is 4.74. The Morgan fingerprint density at radius 1 is 1.20 bits per heavy atom. The molecule has 2 amide bonds. The number of nitrogens with one attached hydrogen (secondary N) is 1. The standard InChI is InChI=1S/C16H11N3O4S2/c1-9-2-4-10(5-3-9)18-15(21)12(14(20)17-16(18)24)8-11-6-7-13(25-11)19(22)23/h2-8H,1H3,(H,17,20,24)/b12-8+. The van der Waals surface area contributed by atoms with Gasteiger partial charge in [-0.1, -0.05) is 29.0 Å². The van der Waals surface area contributed by atoms with Crippen molar-refractivity contribution in [1.29, 1.82) is 0 Å². The molecule has 3 rings (SSSR count). The fourth-order valence-corrected chi connectivity index (χ4v) is 3.29. The minimum Gasteiger partial charge on any atom is -0.298 e. The van der Waals surface area contributed by atoms with Crippen molar-refractivity contribution in [1.82, 2.24) is 5.32 Å². The van der Waals surface area contributed by atoms with Crippen LogP contribution in [0, 0.1) is 17.0 Å². The lowest BCUT2D eigenvalue weighted by atomic mass is 10.1. The van der Waals surface area contributed by atoms with Crippen LogP contribution in [0.3, 0.4) is 0 Å². The van der Waals surface area contributed by atoms with E-state index in [1.54, 1.807) is 12.1 Å². The highest BCUT2D eigenvalue weighted by Crippen LogP contribution is 2.28. The molecule has 25 heavy (non-hydrogen) atoms. The summed E-state index contributed by atoms with van der Waals surface area (Å²) in [5, 5.41) is 13.2. The topological polar surface area (TPSA) is 92.6 Å². The van der Waals surface area contributed by atoms with Crippen LogP contribution in [0.2, 0.25) is 0 Å². The van der Waals surface area contributed by atoms with E-state index in [2.05, 4.69) is 5.32 Å². The van der Waals surface area contributed by atoms with Crippen LogP contribution in [0.5, 0.6) is 0 Å². The summed E-state index contributed by atoms with van der Waals surface area (Å²) in [6.07, 6.45) is 1.33. The number of carbonyl (C=O) groups excluding carboxylic acids is 2. The number of carbonyl (C=O) groups is 2. The number of amides is 2. The summed E-state index contributed by atoms with van der Waals surface area (Å²) in [7, 11) is 0. The van der Waals surface area contributed by atoms with Crippen molar-refractivity contribution in [3.63, 3.8) is 0 Å². The van der Waals surface area contributed by atoms with Gasteiger partial charge in [0.25, 0.3) is 11.8 Å². The molecule has 0 unspecified atom stereocenters. The van der Waals surface area contributed by atoms with E-state index in [9.17, 15) is 19.7 Å². The van der Waals surface area contributed by atoms with Gasteiger partial charge in [-0.2, -0.15) is 0 Å². The lowest BCUT2D eigenvalue weighted by molar-refractivity contribution is -0.380. The molecular weight excluding hydrogens is 362 g/mol. The second kappa shape index (κ2) is 6.54. The number of thiophene rings is 1. The minimum atomic E-state index is -0.630. The number of rotatable bonds is 3. The Hall–Kier alpha value is -2.91. The lowest BCUT2D eigenvalue weighted by Gasteiger charge is -2.28. The number of hydrogen-bond acceptors (Lipinski definition) is 6. The third kappa shape index (κ3) is 3.32. The van der Waals surface area contributed by atoms with Gasteiger partial charge in [0.2, 0.25) is 0 Å². The maximum atomic E-state index is 12.8. The van der Waals surface area contributed by atoms with Crippen molar-refractivity contribution in [2.45, 2.75) is 6.92 Å². The van der Waals surface area contributed by atoms with Gasteiger partial charge < -0.3 is 0 Å². The van der Waals surface area contributed by atoms with Crippen LogP contribution in [-0.2, 0) is 9.59 Å². The first-order chi connectivity index (χ1) is 11.9. The number of hydrogen-bond donors (Lipinski definition) is 1. The zero-order valence-corrected chi connectivity index (χ0v) is 14.5. The SMILES string of the molecule is Cc1ccc(N2C(=O)/C(=C/c3ccc([N+](=O)[O-])s3)C(=O)NC2=S)cc1. The van der Waals surface area contributed by atoms with Crippen molar-refractivity contribution in [3.05, 3.63) is 62.5 Å². The van der Waals surface area contributed by atoms with Crippen molar-refractivity contribution in [3.8, 4) is 0 Å². The van der Waals surface area contributed by atoms with E-state index in [4.69, 9.17) is 12.2 Å². The zero-order chi connectivity index (χ0) is 18.1. The molecule has 0 saturated carbocycles. The first kappa shape index (κ1) is 16.9. The van der Waals surface area contributed by atoms with Gasteiger partial charge in [0.15, 0.2) is 5.11 Å². The number of aryl methyl sites for hydroxylation is 1. The fraction of sp³-hybridized carbons (Fsp3) is 0.0625. The summed E-state index contributed by atoms with van der Waals surface area (Å²) >= 11 is 5.99. The monoisotopic (exact) mass is 373 g/mol. The van der Waals surface area contributed by atoms with Gasteiger partial charge >= 0.3 is 5.00 Å². The highest BCUT2D eigenvalue weighted by molar-refractivity contribution is 7.80. The summed E-state index contributed by atoms with van der Waals surface area (Å²) in [5.41, 5.74) is 1.42. The van der Waals surface area contributed by atoms with E-state index in [0.29, 0.717) is 10.6 Å². The quantitative estimate of drug-likeness (QED) is 0.294. The van der Waals surface area contributed by atoms with Gasteiger partial charge in [0.05, 0.1) is 10.6 Å². The second-order valence-electron chi connectivity index (χ2n) is 5.23. The first-order valence-corrected chi connectivity index (χ1v) is 8.31. The van der Waals surface area contributed by atoms with Gasteiger partial charge in [0.1, 0.15) is 5.57 Å². The summed E-state index contributed by atoms with van der Waals surface area (Å²) in [5.74, 6) is -1.21. The Balaban J connectivity index is 1.98. The Morgan fingerprint density at radius 3 is 2.48 bits per heavy atom. The Labute approximate surface area is 151 Å². The maximum Gasteiger partial charge on any atom is 0.324 e. The van der Waals surface area contributed by atoms with Crippen LogP contribution in [0.4, 0.5) is 10.7 Å². The molecule has 0 aliphatic carbocycles. The molecule has 0 radical (unpaired) electrons. The smallest absolute Gasteiger partial charge is 0.298 e. The Morgan fingerprint density at radius 2 is 1.88 bits per heavy atom. The van der Waals surface area contributed by atoms with E-state index in [-0.39, 0.29) is 15.7 Å². The molecule has 7 nitrogen and oxygen atoms in total. The minimum absolute atomic E-state index is 0.00633. The molecule has 0 spiro atoms. The molecule has 1 N–H and O–H groups in total. The molecule has 9 heteroatoms. The van der Waals surface area contributed by atoms with E-state index in [1.807, 2.05) is 19.1 Å². The lowest BCUT2D eigenvalue weighted by Crippen LogP contribution is -2.54. The molecule has 1 aliphatic rings. The van der Waals surface area contributed by atoms with Gasteiger partial charge in [-0.05, 0) is 43.4 Å². The molecular formula is C16H11N3O4S2. The number of benzene rings is 1. The largest absolute Gasteiger partial charge is 0.324 e. The fourth-order valence-electron chi connectivity index (χ4n) is 2.25. The van der Waals surface area contributed by atoms with Crippen LogP contribution in [0.25, 0.3) is 6.08 Å². The average Bonchev–Trinajstić information content (AvgIpc) is 3.02. The molecule has 2 aromatic rings. The number of nitrogens with zero attached hydrogens (tertiary/aromatic N) is 2. The molecule has 0 atom stereocenters. The summed E-state index contributed by atoms with van der Waals surface area (Å²) in [6.45, 7) is 1.91. The Bertz CT molecular complexity index is 931. The summed E-state index contributed by atoms with van der Waals surface area (Å²) in [4.78, 5) is 36.8. The molecule has 0 bridgehead atoms. The van der Waals surface area contributed by atoms with Gasteiger partial charge in [0, 0.05) is 10.9 Å². The summed E-state index contributed by atoms with van der Waals surface area (Å²) < 4.78 is 0. The van der Waals surface area contributed by atoms with Gasteiger partial charge in [-0.25, -0.2) is 0 Å². The number of anilines is 1. The van der Waals surface area contributed by atoms with Gasteiger partial charge in [-0.3, -0.25) is 29.9 Å². The predicted molar refractivity (Wildman–Crippen MR) is 98.4 cm³/mol. The van der Waals surface area contributed by atoms with Crippen molar-refractivity contribution >= 4 is 57.2 Å². The van der Waals surface area contributed by atoms with Crippen LogP contribution >= 0.6 is 23.6 Å². The first-order valence-electron chi connectivity index (χ1n) is 7.09. The molecule has 2 heterocycles. The number of thiocarbonyl (C=S) groups is 1. The van der Waals surface area contributed by atoms with Crippen molar-refractivity contribution in [2.24, 2.45) is 0 Å². The molecule has 126 valence electrons. The van der Waals surface area contributed by atoms with E-state index < -0.39 is 16.7 Å². The second-order valence-corrected chi connectivity index (χ2v) is 6.71. The molecule has 1 saturated heterocycles. The van der Waals surface area contributed by atoms with E-state index in [1.165, 1.54) is 23.1 Å². The van der Waals surface area contributed by atoms with E-state index in [0.717, 1.165) is 16.9 Å². The van der Waals surface area contributed by atoms with E-state index >= 15 is 0 Å². The zero-order valence-electron chi connectivity index (χ0n) is 12.9. The maximum absolute atomic E-state index is 12.8. The summed E-state index contributed by atoms with van der Waals surface area (Å²) in [6, 6.07) is 9.92. The van der Waals surface area contributed by atoms with Crippen LogP contribution in [0.15, 0.2) is 42.0 Å². The number of nitro groups is 1. The van der Waals surface area contributed by atoms with Crippen molar-refractivity contribution < 1.29 is 14.5 Å². The molecule has 1 fully saturated rings. The molecule has 1 aliphatic heterocycles. The molecule has 1 aromatic heterocycles. The third-order valence-electron chi connectivity index (χ3n) is 3.47. The predicted octanol–water partition coefficient (Wildman–Crippen LogP) is 2.80. The van der Waals surface area contributed by atoms with Crippen molar-refractivity contribution in [2.75, 3.05) is 4.90 Å².